The number of hydrogen-bond donors (Lipinski definition) is 0. The van der Waals surface area contributed by atoms with Gasteiger partial charge in [-0.3, -0.25) is 9.48 Å². The molecule has 0 N–H and O–H groups in total. The predicted octanol–water partition coefficient (Wildman–Crippen LogP) is 2.57. The van der Waals surface area contributed by atoms with Gasteiger partial charge in [-0.25, -0.2) is 12.8 Å². The second-order valence-electron chi connectivity index (χ2n) is 6.83. The number of aryl methyl sites for hydroxylation is 1. The van der Waals surface area contributed by atoms with E-state index in [-0.39, 0.29) is 16.5 Å². The molecule has 1 fully saturated rings. The van der Waals surface area contributed by atoms with Gasteiger partial charge in [-0.15, -0.1) is 0 Å². The number of sulfonamides is 1. The van der Waals surface area contributed by atoms with Crippen LogP contribution in [0.5, 0.6) is 0 Å². The minimum absolute atomic E-state index is 0.0712. The zero-order valence-electron chi connectivity index (χ0n) is 16.3. The lowest BCUT2D eigenvalue weighted by atomic mass is 10.1. The van der Waals surface area contributed by atoms with Gasteiger partial charge in [0.1, 0.15) is 5.82 Å². The van der Waals surface area contributed by atoms with Gasteiger partial charge < -0.3 is 4.90 Å². The van der Waals surface area contributed by atoms with E-state index >= 15 is 0 Å². The van der Waals surface area contributed by atoms with Gasteiger partial charge >= 0.3 is 0 Å². The van der Waals surface area contributed by atoms with Gasteiger partial charge in [-0.05, 0) is 31.0 Å². The van der Waals surface area contributed by atoms with Gasteiger partial charge in [-0.2, -0.15) is 9.40 Å². The average Bonchev–Trinajstić information content (AvgIpc) is 3.30. The topological polar surface area (TPSA) is 75.5 Å². The Bertz CT molecular complexity index is 969. The molecule has 9 heteroatoms. The molecule has 1 aromatic carbocycles. The summed E-state index contributed by atoms with van der Waals surface area (Å²) >= 11 is 0. The molecule has 0 spiro atoms. The normalized spacial score (nSPS) is 17.5. The highest BCUT2D eigenvalue weighted by molar-refractivity contribution is 7.89. The maximum Gasteiger partial charge on any atom is 0.257 e. The number of carbonyl (C=O) groups excluding carboxylic acids is 1. The summed E-state index contributed by atoms with van der Waals surface area (Å²) in [5.41, 5.74) is 0.671. The Balaban J connectivity index is 1.96. The van der Waals surface area contributed by atoms with E-state index in [2.05, 4.69) is 5.10 Å². The first-order valence-electron chi connectivity index (χ1n) is 9.38. The Morgan fingerprint density at radius 3 is 2.64 bits per heavy atom. The number of hydrogen-bond acceptors (Lipinski definition) is 4. The van der Waals surface area contributed by atoms with Crippen LogP contribution in [0.2, 0.25) is 0 Å². The van der Waals surface area contributed by atoms with Crippen LogP contribution in [0.4, 0.5) is 4.39 Å². The fourth-order valence-electron chi connectivity index (χ4n) is 3.66. The molecule has 2 heterocycles. The summed E-state index contributed by atoms with van der Waals surface area (Å²) in [7, 11) is -1.98. The summed E-state index contributed by atoms with van der Waals surface area (Å²) in [5.74, 6) is -1.22. The molecule has 3 rings (SSSR count). The fraction of sp³-hybridized carbons (Fsp3) is 0.474. The summed E-state index contributed by atoms with van der Waals surface area (Å²) in [5, 5.41) is 4.15. The Hall–Kier alpha value is -2.26. The standard InChI is InChI=1S/C19H25FN4O3S/c1-4-23(5-2)28(26,27)15-8-9-17(20)16(11-15)19(25)24-10-6-7-18(24)14-12-21-22(3)13-14/h8-9,11-13,18H,4-7,10H2,1-3H3. The van der Waals surface area contributed by atoms with Crippen molar-refractivity contribution in [2.24, 2.45) is 7.05 Å². The van der Waals surface area contributed by atoms with Crippen LogP contribution in [0, 0.1) is 5.82 Å². The van der Waals surface area contributed by atoms with E-state index in [0.717, 1.165) is 30.5 Å². The molecule has 152 valence electrons. The molecule has 1 unspecified atom stereocenters. The van der Waals surface area contributed by atoms with Gasteiger partial charge in [0.2, 0.25) is 10.0 Å². The second-order valence-corrected chi connectivity index (χ2v) is 8.77. The molecule has 1 atom stereocenters. The number of carbonyl (C=O) groups is 1. The predicted molar refractivity (Wildman–Crippen MR) is 103 cm³/mol. The molecule has 1 saturated heterocycles. The van der Waals surface area contributed by atoms with Crippen molar-refractivity contribution in [2.45, 2.75) is 37.6 Å². The van der Waals surface area contributed by atoms with E-state index in [0.29, 0.717) is 19.6 Å². The van der Waals surface area contributed by atoms with Crippen molar-refractivity contribution in [3.05, 3.63) is 47.5 Å². The van der Waals surface area contributed by atoms with E-state index < -0.39 is 21.7 Å². The molecule has 0 aliphatic carbocycles. The van der Waals surface area contributed by atoms with Crippen LogP contribution in [0.25, 0.3) is 0 Å². The highest BCUT2D eigenvalue weighted by atomic mass is 32.2. The van der Waals surface area contributed by atoms with Crippen LogP contribution in [0.3, 0.4) is 0 Å². The van der Waals surface area contributed by atoms with E-state index in [1.807, 2.05) is 6.20 Å². The third-order valence-corrected chi connectivity index (χ3v) is 7.18. The molecule has 1 aromatic heterocycles. The van der Waals surface area contributed by atoms with E-state index in [9.17, 15) is 17.6 Å². The van der Waals surface area contributed by atoms with E-state index in [1.165, 1.54) is 10.4 Å². The highest BCUT2D eigenvalue weighted by Gasteiger charge is 2.33. The Labute approximate surface area is 164 Å². The number of halogens is 1. The van der Waals surface area contributed by atoms with Crippen LogP contribution in [-0.2, 0) is 17.1 Å². The molecule has 2 aromatic rings. The van der Waals surface area contributed by atoms with Crippen molar-refractivity contribution in [3.63, 3.8) is 0 Å². The highest BCUT2D eigenvalue weighted by Crippen LogP contribution is 2.33. The number of likely N-dealkylation sites (tertiary alicyclic amines) is 1. The quantitative estimate of drug-likeness (QED) is 0.736. The largest absolute Gasteiger partial charge is 0.331 e. The molecule has 28 heavy (non-hydrogen) atoms. The van der Waals surface area contributed by atoms with Gasteiger partial charge in [0.25, 0.3) is 5.91 Å². The summed E-state index contributed by atoms with van der Waals surface area (Å²) in [4.78, 5) is 14.6. The lowest BCUT2D eigenvalue weighted by Gasteiger charge is -2.25. The monoisotopic (exact) mass is 408 g/mol. The molecule has 1 aliphatic heterocycles. The molecule has 1 amide bonds. The van der Waals surface area contributed by atoms with Crippen molar-refractivity contribution in [1.29, 1.82) is 0 Å². The molecule has 0 bridgehead atoms. The zero-order valence-corrected chi connectivity index (χ0v) is 17.1. The Morgan fingerprint density at radius 1 is 1.32 bits per heavy atom. The molecular formula is C19H25FN4O3S. The first-order valence-corrected chi connectivity index (χ1v) is 10.8. The first kappa shape index (κ1) is 20.5. The van der Waals surface area contributed by atoms with Gasteiger partial charge in [-0.1, -0.05) is 13.8 Å². The van der Waals surface area contributed by atoms with E-state index in [4.69, 9.17) is 0 Å². The second kappa shape index (κ2) is 8.00. The number of aromatic nitrogens is 2. The van der Waals surface area contributed by atoms with Gasteiger partial charge in [0, 0.05) is 38.4 Å². The fourth-order valence-corrected chi connectivity index (χ4v) is 5.15. The van der Waals surface area contributed by atoms with Gasteiger partial charge in [0.05, 0.1) is 22.7 Å². The lowest BCUT2D eigenvalue weighted by molar-refractivity contribution is 0.0730. The Morgan fingerprint density at radius 2 is 2.04 bits per heavy atom. The maximum absolute atomic E-state index is 14.5. The van der Waals surface area contributed by atoms with Crippen molar-refractivity contribution in [3.8, 4) is 0 Å². The van der Waals surface area contributed by atoms with E-state index in [1.54, 1.807) is 36.7 Å². The van der Waals surface area contributed by atoms with Gasteiger partial charge in [0.15, 0.2) is 0 Å². The summed E-state index contributed by atoms with van der Waals surface area (Å²) in [6.07, 6.45) is 5.10. The zero-order chi connectivity index (χ0) is 20.5. The molecule has 1 aliphatic rings. The van der Waals surface area contributed by atoms with Crippen molar-refractivity contribution >= 4 is 15.9 Å². The third-order valence-electron chi connectivity index (χ3n) is 5.13. The van der Waals surface area contributed by atoms with Crippen LogP contribution >= 0.6 is 0 Å². The molecule has 0 saturated carbocycles. The minimum atomic E-state index is -3.78. The average molecular weight is 408 g/mol. The Kier molecular flexibility index (Phi) is 5.85. The van der Waals surface area contributed by atoms with Crippen LogP contribution in [0.1, 0.15) is 48.7 Å². The van der Waals surface area contributed by atoms with Crippen molar-refractivity contribution < 1.29 is 17.6 Å². The maximum atomic E-state index is 14.5. The van der Waals surface area contributed by atoms with Crippen molar-refractivity contribution in [1.82, 2.24) is 19.0 Å². The molecule has 0 radical (unpaired) electrons. The lowest BCUT2D eigenvalue weighted by Crippen LogP contribution is -2.32. The summed E-state index contributed by atoms with van der Waals surface area (Å²) in [6.45, 7) is 4.56. The molecular weight excluding hydrogens is 383 g/mol. The third kappa shape index (κ3) is 3.68. The first-order chi connectivity index (χ1) is 13.3. The minimum Gasteiger partial charge on any atom is -0.331 e. The van der Waals surface area contributed by atoms with Crippen LogP contribution in [-0.4, -0.2) is 52.9 Å². The number of benzene rings is 1. The number of amides is 1. The SMILES string of the molecule is CCN(CC)S(=O)(=O)c1ccc(F)c(C(=O)N2CCCC2c2cnn(C)c2)c1. The van der Waals surface area contributed by atoms with Crippen LogP contribution in [0.15, 0.2) is 35.5 Å². The summed E-state index contributed by atoms with van der Waals surface area (Å²) < 4.78 is 42.9. The number of rotatable bonds is 6. The smallest absolute Gasteiger partial charge is 0.257 e. The van der Waals surface area contributed by atoms with Crippen LogP contribution < -0.4 is 0 Å². The summed E-state index contributed by atoms with van der Waals surface area (Å²) in [6, 6.07) is 3.23. The number of nitrogens with zero attached hydrogens (tertiary/aromatic N) is 4. The van der Waals surface area contributed by atoms with Crippen molar-refractivity contribution in [2.75, 3.05) is 19.6 Å². The molecule has 7 nitrogen and oxygen atoms in total.